The predicted molar refractivity (Wildman–Crippen MR) is 158 cm³/mol. The van der Waals surface area contributed by atoms with Crippen LogP contribution >= 0.6 is 0 Å². The van der Waals surface area contributed by atoms with Crippen LogP contribution in [0.5, 0.6) is 0 Å². The molecule has 3 aromatic rings. The van der Waals surface area contributed by atoms with E-state index in [1.165, 1.54) is 27.9 Å². The third kappa shape index (κ3) is 11.8. The summed E-state index contributed by atoms with van der Waals surface area (Å²) in [5.41, 5.74) is 6.46. The van der Waals surface area contributed by atoms with Crippen LogP contribution < -0.4 is 4.90 Å². The third-order valence-electron chi connectivity index (χ3n) is 4.29. The monoisotopic (exact) mass is 451 g/mol. The summed E-state index contributed by atoms with van der Waals surface area (Å²) < 4.78 is 0. The number of hydrogen-bond donors (Lipinski definition) is 0. The molecular weight excluding hydrogens is 398 g/mol. The summed E-state index contributed by atoms with van der Waals surface area (Å²) in [7, 11) is 0. The molecule has 0 aliphatic heterocycles. The Balaban J connectivity index is -0.000000798. The van der Waals surface area contributed by atoms with Crippen LogP contribution in [0.25, 0.3) is 22.3 Å². The first-order valence-corrected chi connectivity index (χ1v) is 13.3. The zero-order valence-electron chi connectivity index (χ0n) is 23.9. The van der Waals surface area contributed by atoms with Crippen LogP contribution in [0.15, 0.2) is 78.9 Å². The van der Waals surface area contributed by atoms with Crippen LogP contribution in [0.3, 0.4) is 0 Å². The van der Waals surface area contributed by atoms with E-state index in [1.54, 1.807) is 0 Å². The minimum atomic E-state index is 1.01. The van der Waals surface area contributed by atoms with Gasteiger partial charge in [-0.15, -0.1) is 0 Å². The van der Waals surface area contributed by atoms with Gasteiger partial charge in [-0.1, -0.05) is 142 Å². The second-order valence-electron chi connectivity index (χ2n) is 5.60. The normalized spacial score (nSPS) is 8.24. The minimum absolute atomic E-state index is 1.01. The van der Waals surface area contributed by atoms with Crippen LogP contribution in [0.1, 0.15) is 83.1 Å². The Morgan fingerprint density at radius 3 is 1.24 bits per heavy atom. The van der Waals surface area contributed by atoms with Crippen molar-refractivity contribution in [3.8, 4) is 22.3 Å². The van der Waals surface area contributed by atoms with Gasteiger partial charge >= 0.3 is 0 Å². The van der Waals surface area contributed by atoms with Gasteiger partial charge in [-0.3, -0.25) is 0 Å². The Morgan fingerprint density at radius 1 is 0.455 bits per heavy atom. The quantitative estimate of drug-likeness (QED) is 0.373. The maximum atomic E-state index is 2.43. The zero-order chi connectivity index (χ0) is 26.1. The van der Waals surface area contributed by atoms with Crippen LogP contribution in [0, 0.1) is 0 Å². The number of benzene rings is 3. The molecule has 186 valence electrons. The lowest BCUT2D eigenvalue weighted by molar-refractivity contribution is 0.867. The molecule has 0 radical (unpaired) electrons. The van der Waals surface area contributed by atoms with Gasteiger partial charge in [0.05, 0.1) is 0 Å². The number of nitrogens with zero attached hydrogens (tertiary/aromatic N) is 1. The van der Waals surface area contributed by atoms with Crippen molar-refractivity contribution in [1.29, 1.82) is 0 Å². The molecule has 0 heterocycles. The van der Waals surface area contributed by atoms with Crippen molar-refractivity contribution in [3.05, 3.63) is 78.9 Å². The molecule has 3 aromatic carbocycles. The second-order valence-corrected chi connectivity index (χ2v) is 5.60. The van der Waals surface area contributed by atoms with E-state index in [1.807, 2.05) is 69.2 Å². The van der Waals surface area contributed by atoms with E-state index in [-0.39, 0.29) is 0 Å². The van der Waals surface area contributed by atoms with Crippen molar-refractivity contribution in [3.63, 3.8) is 0 Å². The smallest absolute Gasteiger partial charge is 0.0452 e. The minimum Gasteiger partial charge on any atom is -0.372 e. The first-order valence-electron chi connectivity index (χ1n) is 13.3. The Bertz CT molecular complexity index is 744. The van der Waals surface area contributed by atoms with E-state index in [2.05, 4.69) is 97.6 Å². The lowest BCUT2D eigenvalue weighted by Crippen LogP contribution is -2.22. The molecule has 1 heteroatoms. The SMILES string of the molecule is CC.CC.CC.CC.CC.CCN(CC)c1cccc(-c2ccccc2)c1-c1ccccc1. The molecule has 0 aromatic heterocycles. The predicted octanol–water partition coefficient (Wildman–Crippen LogP) is 11.0. The molecule has 0 saturated carbocycles. The summed E-state index contributed by atoms with van der Waals surface area (Å²) >= 11 is 0. The molecule has 0 aliphatic rings. The molecule has 0 fully saturated rings. The highest BCUT2D eigenvalue weighted by molar-refractivity contribution is 5.92. The van der Waals surface area contributed by atoms with Crippen LogP contribution in [-0.2, 0) is 0 Å². The lowest BCUT2D eigenvalue weighted by Gasteiger charge is -2.26. The summed E-state index contributed by atoms with van der Waals surface area (Å²) in [6.45, 7) is 26.4. The third-order valence-corrected chi connectivity index (χ3v) is 4.29. The van der Waals surface area contributed by atoms with E-state index in [4.69, 9.17) is 0 Å². The van der Waals surface area contributed by atoms with Crippen LogP contribution in [-0.4, -0.2) is 13.1 Å². The van der Waals surface area contributed by atoms with Crippen LogP contribution in [0.4, 0.5) is 5.69 Å². The molecule has 0 atom stereocenters. The van der Waals surface area contributed by atoms with Gasteiger partial charge in [0.15, 0.2) is 0 Å². The average Bonchev–Trinajstić information content (AvgIpc) is 2.96. The fourth-order valence-electron chi connectivity index (χ4n) is 3.13. The summed E-state index contributed by atoms with van der Waals surface area (Å²) in [5, 5.41) is 0. The maximum absolute atomic E-state index is 2.43. The van der Waals surface area contributed by atoms with Crippen molar-refractivity contribution in [1.82, 2.24) is 0 Å². The first kappa shape index (κ1) is 35.1. The van der Waals surface area contributed by atoms with Gasteiger partial charge in [-0.2, -0.15) is 0 Å². The Labute approximate surface area is 207 Å². The summed E-state index contributed by atoms with van der Waals surface area (Å²) in [4.78, 5) is 2.43. The van der Waals surface area contributed by atoms with Crippen molar-refractivity contribution in [2.24, 2.45) is 0 Å². The number of hydrogen-bond acceptors (Lipinski definition) is 1. The topological polar surface area (TPSA) is 3.24 Å². The highest BCUT2D eigenvalue weighted by atomic mass is 15.1. The molecule has 0 aliphatic carbocycles. The van der Waals surface area contributed by atoms with Gasteiger partial charge in [0, 0.05) is 24.3 Å². The molecule has 0 N–H and O–H groups in total. The summed E-state index contributed by atoms with van der Waals surface area (Å²) in [5.74, 6) is 0. The number of anilines is 1. The summed E-state index contributed by atoms with van der Waals surface area (Å²) in [6.07, 6.45) is 0. The van der Waals surface area contributed by atoms with E-state index >= 15 is 0 Å². The molecule has 0 saturated heterocycles. The first-order chi connectivity index (χ1) is 16.3. The fraction of sp³-hybridized carbons (Fsp3) is 0.438. The van der Waals surface area contributed by atoms with Gasteiger partial charge in [0.25, 0.3) is 0 Å². The van der Waals surface area contributed by atoms with Gasteiger partial charge in [-0.25, -0.2) is 0 Å². The largest absolute Gasteiger partial charge is 0.372 e. The van der Waals surface area contributed by atoms with Crippen molar-refractivity contribution < 1.29 is 0 Å². The molecule has 0 bridgehead atoms. The van der Waals surface area contributed by atoms with E-state index in [0.29, 0.717) is 0 Å². The molecule has 0 unspecified atom stereocenters. The Morgan fingerprint density at radius 2 is 0.848 bits per heavy atom. The van der Waals surface area contributed by atoms with Gasteiger partial charge in [0.1, 0.15) is 0 Å². The average molecular weight is 452 g/mol. The van der Waals surface area contributed by atoms with E-state index in [0.717, 1.165) is 13.1 Å². The fourth-order valence-corrected chi connectivity index (χ4v) is 3.13. The highest BCUT2D eigenvalue weighted by Crippen LogP contribution is 2.39. The summed E-state index contributed by atoms with van der Waals surface area (Å²) in [6, 6.07) is 28.0. The van der Waals surface area contributed by atoms with Gasteiger partial charge < -0.3 is 4.90 Å². The molecule has 33 heavy (non-hydrogen) atoms. The molecule has 3 rings (SSSR count). The van der Waals surface area contributed by atoms with Gasteiger partial charge in [-0.05, 0) is 36.6 Å². The standard InChI is InChI=1S/C22H23N.5C2H6/c1-3-23(4-2)21-17-11-16-20(18-12-7-5-8-13-18)22(21)19-14-9-6-10-15-19;5*1-2/h5-17H,3-4H2,1-2H3;5*1-2H3. The van der Waals surface area contributed by atoms with Gasteiger partial charge in [0.2, 0.25) is 0 Å². The zero-order valence-corrected chi connectivity index (χ0v) is 23.9. The molecule has 0 spiro atoms. The van der Waals surface area contributed by atoms with Crippen molar-refractivity contribution >= 4 is 5.69 Å². The van der Waals surface area contributed by atoms with Crippen LogP contribution in [0.2, 0.25) is 0 Å². The lowest BCUT2D eigenvalue weighted by atomic mass is 9.92. The molecule has 0 amide bonds. The van der Waals surface area contributed by atoms with E-state index < -0.39 is 0 Å². The van der Waals surface area contributed by atoms with Crippen molar-refractivity contribution in [2.75, 3.05) is 18.0 Å². The van der Waals surface area contributed by atoms with E-state index in [9.17, 15) is 0 Å². The Kier molecular flexibility index (Phi) is 27.3. The number of rotatable bonds is 5. The second kappa shape index (κ2) is 25.7. The highest BCUT2D eigenvalue weighted by Gasteiger charge is 2.15. The maximum Gasteiger partial charge on any atom is 0.0452 e. The van der Waals surface area contributed by atoms with Crippen molar-refractivity contribution in [2.45, 2.75) is 83.1 Å². The molecular formula is C32H53N. The Hall–Kier alpha value is -2.54. The molecule has 1 nitrogen and oxygen atoms in total.